The number of nitrogens with zero attached hydrogens (tertiary/aromatic N) is 1. The summed E-state index contributed by atoms with van der Waals surface area (Å²) in [5, 5.41) is 0. The third-order valence-corrected chi connectivity index (χ3v) is 13.2. The van der Waals surface area contributed by atoms with Gasteiger partial charge in [0.25, 0.3) is 7.82 Å². The Labute approximate surface area is 455 Å². The van der Waals surface area contributed by atoms with Crippen molar-refractivity contribution in [1.29, 1.82) is 0 Å². The van der Waals surface area contributed by atoms with Crippen molar-refractivity contribution >= 4 is 19.8 Å². The molecule has 0 saturated heterocycles. The zero-order chi connectivity index (χ0) is 54.2. The third kappa shape index (κ3) is 57.9. The van der Waals surface area contributed by atoms with E-state index in [0.29, 0.717) is 17.4 Å². The van der Waals surface area contributed by atoms with Crippen LogP contribution >= 0.6 is 7.82 Å². The first-order valence-corrected chi connectivity index (χ1v) is 31.1. The summed E-state index contributed by atoms with van der Waals surface area (Å²) in [4.78, 5) is 37.8. The minimum absolute atomic E-state index is 0.0363. The Morgan fingerprint density at radius 3 is 1.16 bits per heavy atom. The number of hydrogen-bond donors (Lipinski definition) is 0. The molecular weight excluding hydrogens is 942 g/mol. The van der Waals surface area contributed by atoms with Gasteiger partial charge in [-0.05, 0) is 103 Å². The molecule has 0 aromatic carbocycles. The normalized spacial score (nSPS) is 14.1. The summed E-state index contributed by atoms with van der Waals surface area (Å²) in [5.41, 5.74) is 0. The fourth-order valence-electron chi connectivity index (χ4n) is 7.72. The molecule has 9 nitrogen and oxygen atoms in total. The summed E-state index contributed by atoms with van der Waals surface area (Å²) < 4.78 is 34.1. The van der Waals surface area contributed by atoms with Crippen LogP contribution in [-0.2, 0) is 32.7 Å². The van der Waals surface area contributed by atoms with Crippen LogP contribution in [0.1, 0.15) is 232 Å². The molecule has 2 atom stereocenters. The van der Waals surface area contributed by atoms with E-state index >= 15 is 0 Å². The smallest absolute Gasteiger partial charge is 0.306 e. The number of carbonyl (C=O) groups excluding carboxylic acids is 2. The van der Waals surface area contributed by atoms with Crippen molar-refractivity contribution < 1.29 is 42.1 Å². The van der Waals surface area contributed by atoms with Crippen LogP contribution in [0.2, 0.25) is 0 Å². The lowest BCUT2D eigenvalue weighted by Gasteiger charge is -2.28. The van der Waals surface area contributed by atoms with Gasteiger partial charge in [0, 0.05) is 12.8 Å². The quantitative estimate of drug-likeness (QED) is 0.0195. The molecule has 74 heavy (non-hydrogen) atoms. The van der Waals surface area contributed by atoms with E-state index in [1.165, 1.54) is 89.9 Å². The Balaban J connectivity index is 4.07. The zero-order valence-electron chi connectivity index (χ0n) is 48.0. The summed E-state index contributed by atoms with van der Waals surface area (Å²) in [6.07, 6.45) is 75.7. The fraction of sp³-hybridized carbons (Fsp3) is 0.688. The second kappa shape index (κ2) is 54.5. The summed E-state index contributed by atoms with van der Waals surface area (Å²) >= 11 is 0. The number of allylic oxidation sites excluding steroid dienone is 18. The van der Waals surface area contributed by atoms with Gasteiger partial charge < -0.3 is 27.9 Å². The van der Waals surface area contributed by atoms with Gasteiger partial charge in [0.2, 0.25) is 0 Å². The number of phosphoric ester groups is 1. The SMILES string of the molecule is CC/C=C\C/C=C\C/C=C\C/C=C\C/C=C\C/C=C\C/C=C\C/C=C\CCCCCCCCCCCCCCC(=O)OC(COC(=O)CCCCCCC/C=C\CCCCCC)COP(=O)([O-])OCC[N+](C)(C)C. The van der Waals surface area contributed by atoms with E-state index in [-0.39, 0.29) is 26.1 Å². The number of unbranched alkanes of at least 4 members (excludes halogenated alkanes) is 21. The highest BCUT2D eigenvalue weighted by Gasteiger charge is 2.21. The first-order chi connectivity index (χ1) is 36.0. The van der Waals surface area contributed by atoms with Gasteiger partial charge in [-0.3, -0.25) is 14.2 Å². The Morgan fingerprint density at radius 2 is 0.770 bits per heavy atom. The van der Waals surface area contributed by atoms with Gasteiger partial charge in [-0.25, -0.2) is 0 Å². The summed E-state index contributed by atoms with van der Waals surface area (Å²) in [6, 6.07) is 0. The highest BCUT2D eigenvalue weighted by Crippen LogP contribution is 2.38. The molecule has 0 saturated carbocycles. The van der Waals surface area contributed by atoms with E-state index in [1.54, 1.807) is 0 Å². The molecule has 0 aliphatic rings. The number of likely N-dealkylation sites (N-methyl/N-ethyl adjacent to an activating group) is 1. The maximum atomic E-state index is 12.8. The average Bonchev–Trinajstić information content (AvgIpc) is 3.36. The van der Waals surface area contributed by atoms with Crippen molar-refractivity contribution in [2.24, 2.45) is 0 Å². The average molecular weight is 1050 g/mol. The molecule has 0 bridgehead atoms. The largest absolute Gasteiger partial charge is 0.756 e. The van der Waals surface area contributed by atoms with Crippen LogP contribution in [0.3, 0.4) is 0 Å². The Hall–Kier alpha value is -3.33. The Kier molecular flexibility index (Phi) is 52.0. The van der Waals surface area contributed by atoms with Crippen LogP contribution in [-0.4, -0.2) is 70.0 Å². The fourth-order valence-corrected chi connectivity index (χ4v) is 8.45. The summed E-state index contributed by atoms with van der Waals surface area (Å²) in [5.74, 6) is -0.849. The summed E-state index contributed by atoms with van der Waals surface area (Å²) in [7, 11) is 1.15. The molecule has 0 aromatic heterocycles. The molecule has 0 aliphatic heterocycles. The van der Waals surface area contributed by atoms with Crippen LogP contribution in [0.15, 0.2) is 109 Å². The van der Waals surface area contributed by atoms with E-state index in [9.17, 15) is 19.0 Å². The van der Waals surface area contributed by atoms with Crippen LogP contribution < -0.4 is 4.89 Å². The Morgan fingerprint density at radius 1 is 0.432 bits per heavy atom. The van der Waals surface area contributed by atoms with Crippen LogP contribution in [0.5, 0.6) is 0 Å². The van der Waals surface area contributed by atoms with E-state index in [1.807, 2.05) is 21.1 Å². The predicted molar refractivity (Wildman–Crippen MR) is 314 cm³/mol. The number of esters is 2. The maximum absolute atomic E-state index is 12.8. The van der Waals surface area contributed by atoms with Crippen molar-refractivity contribution in [3.05, 3.63) is 109 Å². The molecule has 0 aliphatic carbocycles. The third-order valence-electron chi connectivity index (χ3n) is 12.3. The molecule has 0 aromatic rings. The first-order valence-electron chi connectivity index (χ1n) is 29.6. The molecule has 0 rings (SSSR count). The lowest BCUT2D eigenvalue weighted by molar-refractivity contribution is -0.870. The van der Waals surface area contributed by atoms with Crippen molar-refractivity contribution in [1.82, 2.24) is 0 Å². The van der Waals surface area contributed by atoms with E-state index in [0.717, 1.165) is 109 Å². The molecular formula is C64H110NO8P. The van der Waals surface area contributed by atoms with E-state index in [4.69, 9.17) is 18.5 Å². The number of quaternary nitrogens is 1. The van der Waals surface area contributed by atoms with Crippen LogP contribution in [0.25, 0.3) is 0 Å². The lowest BCUT2D eigenvalue weighted by atomic mass is 10.0. The molecule has 10 heteroatoms. The van der Waals surface area contributed by atoms with Gasteiger partial charge in [0.05, 0.1) is 27.7 Å². The second-order valence-electron chi connectivity index (χ2n) is 20.6. The van der Waals surface area contributed by atoms with Crippen LogP contribution in [0, 0.1) is 0 Å². The molecule has 2 unspecified atom stereocenters. The predicted octanol–water partition coefficient (Wildman–Crippen LogP) is 18.0. The van der Waals surface area contributed by atoms with Gasteiger partial charge in [0.15, 0.2) is 6.10 Å². The first kappa shape index (κ1) is 70.7. The van der Waals surface area contributed by atoms with Crippen molar-refractivity contribution in [3.63, 3.8) is 0 Å². The number of rotatable bonds is 53. The molecule has 0 N–H and O–H groups in total. The van der Waals surface area contributed by atoms with Crippen molar-refractivity contribution in [2.75, 3.05) is 47.5 Å². The van der Waals surface area contributed by atoms with Gasteiger partial charge in [-0.15, -0.1) is 0 Å². The highest BCUT2D eigenvalue weighted by molar-refractivity contribution is 7.45. The van der Waals surface area contributed by atoms with Crippen molar-refractivity contribution in [2.45, 2.75) is 238 Å². The topological polar surface area (TPSA) is 111 Å². The Bertz CT molecular complexity index is 1620. The summed E-state index contributed by atoms with van der Waals surface area (Å²) in [6.45, 7) is 4.09. The molecule has 0 heterocycles. The maximum Gasteiger partial charge on any atom is 0.306 e. The molecule has 0 amide bonds. The van der Waals surface area contributed by atoms with Gasteiger partial charge in [0.1, 0.15) is 19.8 Å². The molecule has 424 valence electrons. The highest BCUT2D eigenvalue weighted by atomic mass is 31.2. The second-order valence-corrected chi connectivity index (χ2v) is 22.0. The van der Waals surface area contributed by atoms with Crippen molar-refractivity contribution in [3.8, 4) is 0 Å². The molecule has 0 radical (unpaired) electrons. The molecule has 0 fully saturated rings. The number of hydrogen-bond acceptors (Lipinski definition) is 8. The zero-order valence-corrected chi connectivity index (χ0v) is 48.9. The van der Waals surface area contributed by atoms with Gasteiger partial charge >= 0.3 is 11.9 Å². The monoisotopic (exact) mass is 1050 g/mol. The minimum atomic E-state index is -4.64. The number of phosphoric acid groups is 1. The number of carbonyl (C=O) groups is 2. The lowest BCUT2D eigenvalue weighted by Crippen LogP contribution is -2.37. The number of ether oxygens (including phenoxy) is 2. The van der Waals surface area contributed by atoms with Gasteiger partial charge in [-0.2, -0.15) is 0 Å². The standard InChI is InChI=1S/C64H110NO8P/c1-6-8-10-12-14-16-18-20-21-22-23-24-25-26-27-28-29-30-31-32-33-34-35-36-37-38-39-40-41-42-43-45-47-49-51-53-55-57-64(67)73-62(61-72-74(68,69)71-59-58-65(3,4)5)60-70-63(66)56-54-52-50-48-46-44-19-17-15-13-11-9-7-2/h8,10,14,16-17,19-21,23-24,26-27,29-30,32-33,35-36,62H,6-7,9,11-13,15,18,22,25,28,31,34,37-61H2,1-5H3/b10-8-,16-14-,19-17-,21-20-,24-23-,27-26-,30-29-,33-32-,36-35-. The van der Waals surface area contributed by atoms with E-state index < -0.39 is 32.5 Å². The molecule has 0 spiro atoms. The van der Waals surface area contributed by atoms with Gasteiger partial charge in [-0.1, -0.05) is 226 Å². The minimum Gasteiger partial charge on any atom is -0.756 e. The van der Waals surface area contributed by atoms with E-state index in [2.05, 4.69) is 123 Å². The van der Waals surface area contributed by atoms with Crippen LogP contribution in [0.4, 0.5) is 0 Å².